The fraction of sp³-hybridized carbons (Fsp3) is 0.417. The Labute approximate surface area is 100 Å². The molecule has 0 heterocycles. The van der Waals surface area contributed by atoms with Crippen LogP contribution in [0.2, 0.25) is 5.02 Å². The Morgan fingerprint density at radius 3 is 2.94 bits per heavy atom. The first kappa shape index (κ1) is 13.0. The van der Waals surface area contributed by atoms with Crippen LogP contribution in [0.5, 0.6) is 0 Å². The van der Waals surface area contributed by atoms with Gasteiger partial charge in [0.05, 0.1) is 11.1 Å². The summed E-state index contributed by atoms with van der Waals surface area (Å²) in [5.74, 6) is -0.398. The summed E-state index contributed by atoms with van der Waals surface area (Å²) in [5.41, 5.74) is 0.860. The number of rotatable bonds is 5. The van der Waals surface area contributed by atoms with Crippen molar-refractivity contribution in [2.45, 2.75) is 25.8 Å². The molecule has 1 atom stereocenters. The zero-order valence-electron chi connectivity index (χ0n) is 9.13. The number of nitrogens with one attached hydrogen (secondary N) is 1. The van der Waals surface area contributed by atoms with Crippen LogP contribution in [0.4, 0.5) is 4.39 Å². The lowest BCUT2D eigenvalue weighted by molar-refractivity contribution is 0.555. The van der Waals surface area contributed by atoms with Crippen LogP contribution in [-0.4, -0.2) is 6.54 Å². The molecule has 0 bridgehead atoms. The monoisotopic (exact) mass is 240 g/mol. The van der Waals surface area contributed by atoms with E-state index in [1.54, 1.807) is 12.1 Å². The Balaban J connectivity index is 2.50. The van der Waals surface area contributed by atoms with Gasteiger partial charge < -0.3 is 5.32 Å². The van der Waals surface area contributed by atoms with Gasteiger partial charge in [-0.3, -0.25) is 0 Å². The summed E-state index contributed by atoms with van der Waals surface area (Å²) in [5, 5.41) is 11.7. The van der Waals surface area contributed by atoms with Crippen LogP contribution >= 0.6 is 11.6 Å². The van der Waals surface area contributed by atoms with Gasteiger partial charge in [-0.25, -0.2) is 4.39 Å². The van der Waals surface area contributed by atoms with Crippen molar-refractivity contribution in [1.82, 2.24) is 5.32 Å². The molecule has 0 radical (unpaired) electrons. The lowest BCUT2D eigenvalue weighted by Crippen LogP contribution is -2.19. The zero-order valence-corrected chi connectivity index (χ0v) is 9.89. The molecule has 1 N–H and O–H groups in total. The number of hydrogen-bond donors (Lipinski definition) is 1. The second-order valence-electron chi connectivity index (χ2n) is 3.61. The van der Waals surface area contributed by atoms with Crippen molar-refractivity contribution in [2.24, 2.45) is 0 Å². The first-order valence-corrected chi connectivity index (χ1v) is 5.58. The second-order valence-corrected chi connectivity index (χ2v) is 4.02. The first-order chi connectivity index (χ1) is 7.65. The van der Waals surface area contributed by atoms with E-state index in [1.807, 2.05) is 6.92 Å². The van der Waals surface area contributed by atoms with E-state index in [0.29, 0.717) is 6.42 Å². The predicted molar refractivity (Wildman–Crippen MR) is 62.7 cm³/mol. The maximum Gasteiger partial charge on any atom is 0.142 e. The molecular formula is C12H14ClFN2. The first-order valence-electron chi connectivity index (χ1n) is 5.20. The van der Waals surface area contributed by atoms with Crippen LogP contribution < -0.4 is 5.32 Å². The molecule has 1 aromatic rings. The standard InChI is InChI=1S/C12H14ClFN2/c1-9(16-7-3-2-6-15)10-4-5-11(13)12(14)8-10/h4-5,8-9,16H,2-3,7H2,1H3/t9-/m0/s1. The largest absolute Gasteiger partial charge is 0.310 e. The summed E-state index contributed by atoms with van der Waals surface area (Å²) in [4.78, 5) is 0. The van der Waals surface area contributed by atoms with Crippen molar-refractivity contribution in [1.29, 1.82) is 5.26 Å². The van der Waals surface area contributed by atoms with Gasteiger partial charge in [0.2, 0.25) is 0 Å². The fourth-order valence-electron chi connectivity index (χ4n) is 1.39. The van der Waals surface area contributed by atoms with E-state index in [1.165, 1.54) is 6.07 Å². The van der Waals surface area contributed by atoms with E-state index in [9.17, 15) is 4.39 Å². The molecule has 0 amide bonds. The number of unbranched alkanes of at least 4 members (excludes halogenated alkanes) is 1. The number of benzene rings is 1. The van der Waals surface area contributed by atoms with Gasteiger partial charge >= 0.3 is 0 Å². The third-order valence-corrected chi connectivity index (χ3v) is 2.67. The van der Waals surface area contributed by atoms with Crippen LogP contribution in [0.15, 0.2) is 18.2 Å². The average Bonchev–Trinajstić information content (AvgIpc) is 2.28. The van der Waals surface area contributed by atoms with Gasteiger partial charge in [-0.15, -0.1) is 0 Å². The van der Waals surface area contributed by atoms with Gasteiger partial charge in [0.1, 0.15) is 5.82 Å². The molecule has 1 aromatic carbocycles. The molecule has 0 aromatic heterocycles. The second kappa shape index (κ2) is 6.47. The zero-order chi connectivity index (χ0) is 12.0. The van der Waals surface area contributed by atoms with Gasteiger partial charge in [0.25, 0.3) is 0 Å². The predicted octanol–water partition coefficient (Wildman–Crippen LogP) is 3.43. The number of nitrogens with zero attached hydrogens (tertiary/aromatic N) is 1. The molecule has 0 aliphatic rings. The Bertz CT molecular complexity index is 387. The highest BCUT2D eigenvalue weighted by atomic mass is 35.5. The summed E-state index contributed by atoms with van der Waals surface area (Å²) in [6.07, 6.45) is 1.34. The molecule has 0 aliphatic carbocycles. The van der Waals surface area contributed by atoms with Crippen molar-refractivity contribution >= 4 is 11.6 Å². The smallest absolute Gasteiger partial charge is 0.142 e. The van der Waals surface area contributed by atoms with E-state index in [-0.39, 0.29) is 11.1 Å². The van der Waals surface area contributed by atoms with Crippen LogP contribution in [0, 0.1) is 17.1 Å². The van der Waals surface area contributed by atoms with Gasteiger partial charge in [-0.2, -0.15) is 5.26 Å². The van der Waals surface area contributed by atoms with Gasteiger partial charge in [0, 0.05) is 12.5 Å². The maximum absolute atomic E-state index is 13.2. The maximum atomic E-state index is 13.2. The third-order valence-electron chi connectivity index (χ3n) is 2.36. The van der Waals surface area contributed by atoms with Crippen molar-refractivity contribution < 1.29 is 4.39 Å². The molecule has 0 aliphatic heterocycles. The number of hydrogen-bond acceptors (Lipinski definition) is 2. The van der Waals surface area contributed by atoms with E-state index < -0.39 is 5.82 Å². The minimum Gasteiger partial charge on any atom is -0.310 e. The third kappa shape index (κ3) is 3.80. The minimum atomic E-state index is -0.398. The summed E-state index contributed by atoms with van der Waals surface area (Å²) in [7, 11) is 0. The fourth-order valence-corrected chi connectivity index (χ4v) is 1.50. The Morgan fingerprint density at radius 2 is 2.31 bits per heavy atom. The van der Waals surface area contributed by atoms with E-state index in [2.05, 4.69) is 11.4 Å². The molecule has 16 heavy (non-hydrogen) atoms. The van der Waals surface area contributed by atoms with Gasteiger partial charge in [-0.1, -0.05) is 17.7 Å². The van der Waals surface area contributed by atoms with Crippen molar-refractivity contribution in [3.8, 4) is 6.07 Å². The summed E-state index contributed by atoms with van der Waals surface area (Å²) < 4.78 is 13.2. The molecule has 2 nitrogen and oxygen atoms in total. The quantitative estimate of drug-likeness (QED) is 0.801. The number of halogens is 2. The molecule has 86 valence electrons. The molecule has 0 saturated heterocycles. The van der Waals surface area contributed by atoms with Crippen LogP contribution in [0.25, 0.3) is 0 Å². The lowest BCUT2D eigenvalue weighted by atomic mass is 10.1. The van der Waals surface area contributed by atoms with Gasteiger partial charge in [0.15, 0.2) is 0 Å². The lowest BCUT2D eigenvalue weighted by Gasteiger charge is -2.14. The Hall–Kier alpha value is -1.11. The average molecular weight is 241 g/mol. The van der Waals surface area contributed by atoms with Crippen LogP contribution in [-0.2, 0) is 0 Å². The summed E-state index contributed by atoms with van der Waals surface area (Å²) in [6.45, 7) is 2.70. The normalized spacial score (nSPS) is 12.1. The van der Waals surface area contributed by atoms with E-state index in [4.69, 9.17) is 16.9 Å². The van der Waals surface area contributed by atoms with Crippen LogP contribution in [0.1, 0.15) is 31.4 Å². The SMILES string of the molecule is C[C@H](NCCCC#N)c1ccc(Cl)c(F)c1. The Kier molecular flexibility index (Phi) is 5.24. The number of nitriles is 1. The highest BCUT2D eigenvalue weighted by Gasteiger charge is 2.07. The molecule has 4 heteroatoms. The molecule has 1 rings (SSSR count). The van der Waals surface area contributed by atoms with Crippen molar-refractivity contribution in [3.05, 3.63) is 34.6 Å². The van der Waals surface area contributed by atoms with Crippen LogP contribution in [0.3, 0.4) is 0 Å². The summed E-state index contributed by atoms with van der Waals surface area (Å²) >= 11 is 5.60. The Morgan fingerprint density at radius 1 is 1.56 bits per heavy atom. The van der Waals surface area contributed by atoms with E-state index in [0.717, 1.165) is 18.5 Å². The highest BCUT2D eigenvalue weighted by Crippen LogP contribution is 2.19. The summed E-state index contributed by atoms with van der Waals surface area (Å²) in [6, 6.07) is 6.93. The van der Waals surface area contributed by atoms with E-state index >= 15 is 0 Å². The molecule has 0 fully saturated rings. The molecule has 0 spiro atoms. The minimum absolute atomic E-state index is 0.0606. The van der Waals surface area contributed by atoms with Crippen molar-refractivity contribution in [2.75, 3.05) is 6.54 Å². The molecule has 0 unspecified atom stereocenters. The molecule has 0 saturated carbocycles. The topological polar surface area (TPSA) is 35.8 Å². The highest BCUT2D eigenvalue weighted by molar-refractivity contribution is 6.30. The molecular weight excluding hydrogens is 227 g/mol. The van der Waals surface area contributed by atoms with Crippen molar-refractivity contribution in [3.63, 3.8) is 0 Å². The van der Waals surface area contributed by atoms with Gasteiger partial charge in [-0.05, 0) is 37.6 Å².